The number of hydrogen-bond acceptors (Lipinski definition) is 3. The predicted molar refractivity (Wildman–Crippen MR) is 103 cm³/mol. The van der Waals surface area contributed by atoms with Crippen LogP contribution in [0.5, 0.6) is 5.75 Å². The average Bonchev–Trinajstić information content (AvgIpc) is 2.67. The summed E-state index contributed by atoms with van der Waals surface area (Å²) in [6, 6.07) is 7.88. The van der Waals surface area contributed by atoms with Gasteiger partial charge in [-0.1, -0.05) is 31.5 Å². The molecule has 1 N–H and O–H groups in total. The molecule has 1 atom stereocenters. The molecule has 26 heavy (non-hydrogen) atoms. The Hall–Kier alpha value is -2.04. The van der Waals surface area contributed by atoms with Crippen LogP contribution in [0, 0.1) is 5.92 Å². The molecule has 0 saturated carbocycles. The number of nitrogens with zero attached hydrogens (tertiary/aromatic N) is 1. The van der Waals surface area contributed by atoms with Crippen molar-refractivity contribution < 1.29 is 14.3 Å². The molecule has 2 amide bonds. The van der Waals surface area contributed by atoms with E-state index in [0.29, 0.717) is 26.0 Å². The van der Waals surface area contributed by atoms with Gasteiger partial charge in [0.1, 0.15) is 5.75 Å². The fourth-order valence-corrected chi connectivity index (χ4v) is 3.36. The Labute approximate surface area is 157 Å². The minimum absolute atomic E-state index is 0.0692. The molecule has 1 aromatic rings. The molecule has 5 heteroatoms. The first-order valence-corrected chi connectivity index (χ1v) is 9.91. The number of rotatable bonds is 9. The van der Waals surface area contributed by atoms with Crippen LogP contribution >= 0.6 is 0 Å². The minimum atomic E-state index is -0.0692. The molecule has 1 fully saturated rings. The molecule has 0 aromatic heterocycles. The highest BCUT2D eigenvalue weighted by Gasteiger charge is 2.28. The third-order valence-electron chi connectivity index (χ3n) is 4.86. The van der Waals surface area contributed by atoms with Crippen molar-refractivity contribution in [2.24, 2.45) is 5.92 Å². The Morgan fingerprint density at radius 3 is 2.85 bits per heavy atom. The topological polar surface area (TPSA) is 58.6 Å². The van der Waals surface area contributed by atoms with Crippen molar-refractivity contribution in [3.8, 4) is 5.75 Å². The summed E-state index contributed by atoms with van der Waals surface area (Å²) in [6.07, 6.45) is 4.95. The molecular formula is C21H32N2O3. The van der Waals surface area contributed by atoms with Gasteiger partial charge < -0.3 is 15.0 Å². The number of piperidine rings is 1. The fraction of sp³-hybridized carbons (Fsp3) is 0.619. The monoisotopic (exact) mass is 360 g/mol. The third-order valence-corrected chi connectivity index (χ3v) is 4.86. The minimum Gasteiger partial charge on any atom is -0.494 e. The largest absolute Gasteiger partial charge is 0.494 e. The highest BCUT2D eigenvalue weighted by atomic mass is 16.5. The van der Waals surface area contributed by atoms with E-state index < -0.39 is 0 Å². The lowest BCUT2D eigenvalue weighted by molar-refractivity contribution is -0.135. The molecule has 1 heterocycles. The number of aryl methyl sites for hydroxylation is 1. The summed E-state index contributed by atoms with van der Waals surface area (Å²) < 4.78 is 5.63. The number of ether oxygens (including phenoxy) is 1. The van der Waals surface area contributed by atoms with E-state index in [1.54, 1.807) is 0 Å². The van der Waals surface area contributed by atoms with E-state index in [1.165, 1.54) is 0 Å². The van der Waals surface area contributed by atoms with Gasteiger partial charge in [-0.05, 0) is 44.2 Å². The van der Waals surface area contributed by atoms with Crippen LogP contribution in [-0.4, -0.2) is 43.0 Å². The standard InChI is InChI=1S/C21H32N2O3/c1-3-5-14-22-21(25)18-10-8-15-23(16-18)20(24)13-12-17-9-6-7-11-19(17)26-4-2/h6-7,9,11,18H,3-5,8,10,12-16H2,1-2H3,(H,22,25). The van der Waals surface area contributed by atoms with Crippen molar-refractivity contribution in [2.45, 2.75) is 52.4 Å². The van der Waals surface area contributed by atoms with Crippen LogP contribution in [0.4, 0.5) is 0 Å². The van der Waals surface area contributed by atoms with E-state index in [1.807, 2.05) is 36.1 Å². The van der Waals surface area contributed by atoms with Gasteiger partial charge in [0.2, 0.25) is 11.8 Å². The molecule has 0 radical (unpaired) electrons. The van der Waals surface area contributed by atoms with Crippen LogP contribution in [-0.2, 0) is 16.0 Å². The van der Waals surface area contributed by atoms with Gasteiger partial charge in [-0.25, -0.2) is 0 Å². The lowest BCUT2D eigenvalue weighted by Gasteiger charge is -2.32. The van der Waals surface area contributed by atoms with Gasteiger partial charge in [0.25, 0.3) is 0 Å². The average molecular weight is 360 g/mol. The smallest absolute Gasteiger partial charge is 0.224 e. The summed E-state index contributed by atoms with van der Waals surface area (Å²) in [5.74, 6) is 1.01. The molecule has 1 saturated heterocycles. The first-order chi connectivity index (χ1) is 12.7. The van der Waals surface area contributed by atoms with Crippen molar-refractivity contribution in [1.29, 1.82) is 0 Å². The fourth-order valence-electron chi connectivity index (χ4n) is 3.36. The summed E-state index contributed by atoms with van der Waals surface area (Å²) in [5.41, 5.74) is 1.06. The number of benzene rings is 1. The molecule has 1 aliphatic rings. The second-order valence-corrected chi connectivity index (χ2v) is 6.86. The summed E-state index contributed by atoms with van der Waals surface area (Å²) in [4.78, 5) is 26.8. The Balaban J connectivity index is 1.84. The van der Waals surface area contributed by atoms with Crippen LogP contribution < -0.4 is 10.1 Å². The van der Waals surface area contributed by atoms with Crippen molar-refractivity contribution in [2.75, 3.05) is 26.2 Å². The predicted octanol–water partition coefficient (Wildman–Crippen LogP) is 3.17. The number of carbonyl (C=O) groups is 2. The molecule has 5 nitrogen and oxygen atoms in total. The van der Waals surface area contributed by atoms with E-state index >= 15 is 0 Å². The Morgan fingerprint density at radius 1 is 1.27 bits per heavy atom. The maximum Gasteiger partial charge on any atom is 0.224 e. The molecule has 0 bridgehead atoms. The SMILES string of the molecule is CCCCNC(=O)C1CCCN(C(=O)CCc2ccccc2OCC)C1. The highest BCUT2D eigenvalue weighted by Crippen LogP contribution is 2.21. The number of para-hydroxylation sites is 1. The zero-order chi connectivity index (χ0) is 18.8. The van der Waals surface area contributed by atoms with Gasteiger partial charge in [0.05, 0.1) is 12.5 Å². The van der Waals surface area contributed by atoms with E-state index in [2.05, 4.69) is 12.2 Å². The van der Waals surface area contributed by atoms with Gasteiger partial charge in [0.15, 0.2) is 0 Å². The second kappa shape index (κ2) is 10.8. The van der Waals surface area contributed by atoms with E-state index in [4.69, 9.17) is 4.74 Å². The number of nitrogens with one attached hydrogen (secondary N) is 1. The maximum absolute atomic E-state index is 12.6. The molecule has 0 aliphatic carbocycles. The first kappa shape index (κ1) is 20.3. The zero-order valence-electron chi connectivity index (χ0n) is 16.1. The lowest BCUT2D eigenvalue weighted by Crippen LogP contribution is -2.45. The molecule has 0 spiro atoms. The number of hydrogen-bond donors (Lipinski definition) is 1. The van der Waals surface area contributed by atoms with Gasteiger partial charge in [-0.2, -0.15) is 0 Å². The van der Waals surface area contributed by atoms with E-state index in [-0.39, 0.29) is 17.7 Å². The van der Waals surface area contributed by atoms with Crippen LogP contribution in [0.1, 0.15) is 51.5 Å². The molecule has 1 aliphatic heterocycles. The van der Waals surface area contributed by atoms with Crippen LogP contribution in [0.15, 0.2) is 24.3 Å². The van der Waals surface area contributed by atoms with Crippen molar-refractivity contribution in [3.63, 3.8) is 0 Å². The Morgan fingerprint density at radius 2 is 2.08 bits per heavy atom. The Kier molecular flexibility index (Phi) is 8.45. The molecule has 1 unspecified atom stereocenters. The second-order valence-electron chi connectivity index (χ2n) is 6.86. The van der Waals surface area contributed by atoms with Crippen LogP contribution in [0.3, 0.4) is 0 Å². The van der Waals surface area contributed by atoms with Crippen LogP contribution in [0.25, 0.3) is 0 Å². The number of carbonyl (C=O) groups excluding carboxylic acids is 2. The zero-order valence-corrected chi connectivity index (χ0v) is 16.1. The van der Waals surface area contributed by atoms with Crippen molar-refractivity contribution in [3.05, 3.63) is 29.8 Å². The van der Waals surface area contributed by atoms with Gasteiger partial charge >= 0.3 is 0 Å². The first-order valence-electron chi connectivity index (χ1n) is 9.91. The normalized spacial score (nSPS) is 17.0. The molecule has 144 valence electrons. The summed E-state index contributed by atoms with van der Waals surface area (Å²) >= 11 is 0. The summed E-state index contributed by atoms with van der Waals surface area (Å²) in [7, 11) is 0. The van der Waals surface area contributed by atoms with Gasteiger partial charge in [-0.15, -0.1) is 0 Å². The molecule has 1 aromatic carbocycles. The summed E-state index contributed by atoms with van der Waals surface area (Å²) in [5, 5.41) is 3.00. The van der Waals surface area contributed by atoms with Crippen LogP contribution in [0.2, 0.25) is 0 Å². The summed E-state index contributed by atoms with van der Waals surface area (Å²) in [6.45, 7) is 6.71. The number of amides is 2. The molecule has 2 rings (SSSR count). The van der Waals surface area contributed by atoms with Crippen molar-refractivity contribution >= 4 is 11.8 Å². The quantitative estimate of drug-likeness (QED) is 0.688. The number of unbranched alkanes of at least 4 members (excludes halogenated alkanes) is 1. The third kappa shape index (κ3) is 6.04. The molecular weight excluding hydrogens is 328 g/mol. The maximum atomic E-state index is 12.6. The van der Waals surface area contributed by atoms with E-state index in [0.717, 1.165) is 50.1 Å². The number of likely N-dealkylation sites (tertiary alicyclic amines) is 1. The van der Waals surface area contributed by atoms with Gasteiger partial charge in [0, 0.05) is 26.1 Å². The van der Waals surface area contributed by atoms with Gasteiger partial charge in [-0.3, -0.25) is 9.59 Å². The Bertz CT molecular complexity index is 588. The highest BCUT2D eigenvalue weighted by molar-refractivity contribution is 5.81. The lowest BCUT2D eigenvalue weighted by atomic mass is 9.96. The van der Waals surface area contributed by atoms with E-state index in [9.17, 15) is 9.59 Å². The van der Waals surface area contributed by atoms with Crippen molar-refractivity contribution in [1.82, 2.24) is 10.2 Å².